The number of anilines is 1. The molecule has 1 aliphatic heterocycles. The molecule has 1 aromatic heterocycles. The fourth-order valence-electron chi connectivity index (χ4n) is 3.34. The summed E-state index contributed by atoms with van der Waals surface area (Å²) in [4.78, 5) is 19.1. The van der Waals surface area contributed by atoms with Gasteiger partial charge in [0.2, 0.25) is 0 Å². The van der Waals surface area contributed by atoms with Gasteiger partial charge >= 0.3 is 0 Å². The Morgan fingerprint density at radius 2 is 2.00 bits per heavy atom. The number of fused-ring (bicyclic) bond motifs is 2. The molecular formula is C21H20N2O2. The summed E-state index contributed by atoms with van der Waals surface area (Å²) in [6, 6.07) is 17.9. The van der Waals surface area contributed by atoms with Crippen LogP contribution in [0.5, 0.6) is 5.75 Å². The van der Waals surface area contributed by atoms with Crippen molar-refractivity contribution in [3.8, 4) is 5.75 Å². The number of carbonyl (C=O) groups excluding carboxylic acids is 1. The van der Waals surface area contributed by atoms with Crippen LogP contribution in [0.1, 0.15) is 17.7 Å². The number of amides is 1. The number of pyridine rings is 1. The van der Waals surface area contributed by atoms with E-state index in [4.69, 9.17) is 4.74 Å². The number of hydrogen-bond acceptors (Lipinski definition) is 3. The Morgan fingerprint density at radius 3 is 2.92 bits per heavy atom. The number of hydrogen-bond donors (Lipinski definition) is 0. The first kappa shape index (κ1) is 15.6. The van der Waals surface area contributed by atoms with Crippen molar-refractivity contribution in [2.24, 2.45) is 0 Å². The molecule has 0 saturated heterocycles. The first-order chi connectivity index (χ1) is 12.2. The molecule has 0 radical (unpaired) electrons. The van der Waals surface area contributed by atoms with Crippen LogP contribution in [-0.4, -0.2) is 24.0 Å². The van der Waals surface area contributed by atoms with E-state index in [1.165, 1.54) is 5.56 Å². The lowest BCUT2D eigenvalue weighted by Gasteiger charge is -2.29. The van der Waals surface area contributed by atoms with E-state index in [1.807, 2.05) is 60.4 Å². The topological polar surface area (TPSA) is 42.4 Å². The maximum Gasteiger partial charge on any atom is 0.264 e. The van der Waals surface area contributed by atoms with E-state index in [0.717, 1.165) is 41.7 Å². The summed E-state index contributed by atoms with van der Waals surface area (Å²) in [7, 11) is 0. The third-order valence-corrected chi connectivity index (χ3v) is 4.58. The zero-order valence-electron chi connectivity index (χ0n) is 14.2. The van der Waals surface area contributed by atoms with Crippen molar-refractivity contribution in [1.82, 2.24) is 4.98 Å². The Hall–Kier alpha value is -2.88. The summed E-state index contributed by atoms with van der Waals surface area (Å²) < 4.78 is 5.85. The van der Waals surface area contributed by atoms with Gasteiger partial charge in [-0.2, -0.15) is 0 Å². The van der Waals surface area contributed by atoms with Gasteiger partial charge in [-0.3, -0.25) is 4.79 Å². The lowest BCUT2D eigenvalue weighted by atomic mass is 10.0. The highest BCUT2D eigenvalue weighted by Crippen LogP contribution is 2.28. The number of aryl methyl sites for hydroxylation is 2. The summed E-state index contributed by atoms with van der Waals surface area (Å²) in [6.45, 7) is 2.71. The van der Waals surface area contributed by atoms with Gasteiger partial charge in [0.05, 0.1) is 0 Å². The number of carbonyl (C=O) groups is 1. The van der Waals surface area contributed by atoms with Gasteiger partial charge in [-0.1, -0.05) is 36.4 Å². The van der Waals surface area contributed by atoms with Gasteiger partial charge in [-0.05, 0) is 43.5 Å². The predicted molar refractivity (Wildman–Crippen MR) is 99.1 cm³/mol. The van der Waals surface area contributed by atoms with Gasteiger partial charge in [0.1, 0.15) is 11.3 Å². The number of aromatic nitrogens is 1. The molecule has 0 unspecified atom stereocenters. The van der Waals surface area contributed by atoms with Crippen molar-refractivity contribution >= 4 is 22.5 Å². The van der Waals surface area contributed by atoms with Gasteiger partial charge in [0, 0.05) is 23.3 Å². The van der Waals surface area contributed by atoms with Crippen LogP contribution in [0.4, 0.5) is 5.69 Å². The standard InChI is InChI=1S/C21H20N2O2/c1-15-11-12-17-7-4-10-19(21(17)22-15)25-14-20(24)23-13-5-8-16-6-2-3-9-18(16)23/h2-4,6-7,9-12H,5,8,13-14H2,1H3. The van der Waals surface area contributed by atoms with Gasteiger partial charge in [-0.15, -0.1) is 0 Å². The third kappa shape index (κ3) is 3.07. The van der Waals surface area contributed by atoms with Crippen LogP contribution in [0.3, 0.4) is 0 Å². The summed E-state index contributed by atoms with van der Waals surface area (Å²) in [6.07, 6.45) is 2.01. The number of para-hydroxylation sites is 2. The van der Waals surface area contributed by atoms with Crippen LogP contribution < -0.4 is 9.64 Å². The Balaban J connectivity index is 1.55. The quantitative estimate of drug-likeness (QED) is 0.730. The first-order valence-corrected chi connectivity index (χ1v) is 8.60. The minimum Gasteiger partial charge on any atom is -0.481 e. The highest BCUT2D eigenvalue weighted by Gasteiger charge is 2.22. The molecule has 0 aliphatic carbocycles. The molecular weight excluding hydrogens is 312 g/mol. The second kappa shape index (κ2) is 6.55. The van der Waals surface area contributed by atoms with E-state index in [9.17, 15) is 4.79 Å². The van der Waals surface area contributed by atoms with Crippen LogP contribution >= 0.6 is 0 Å². The molecule has 4 heteroatoms. The minimum absolute atomic E-state index is 0.0168. The van der Waals surface area contributed by atoms with Crippen molar-refractivity contribution in [2.75, 3.05) is 18.1 Å². The smallest absolute Gasteiger partial charge is 0.264 e. The zero-order chi connectivity index (χ0) is 17.2. The molecule has 0 bridgehead atoms. The van der Waals surface area contributed by atoms with E-state index in [0.29, 0.717) is 5.75 Å². The Kier molecular flexibility index (Phi) is 4.10. The number of benzene rings is 2. The lowest BCUT2D eigenvalue weighted by Crippen LogP contribution is -2.38. The van der Waals surface area contributed by atoms with Gasteiger partial charge in [0.25, 0.3) is 5.91 Å². The van der Waals surface area contributed by atoms with E-state index in [2.05, 4.69) is 11.1 Å². The van der Waals surface area contributed by atoms with Crippen molar-refractivity contribution < 1.29 is 9.53 Å². The molecule has 0 N–H and O–H groups in total. The normalized spacial score (nSPS) is 13.6. The average Bonchev–Trinajstić information content (AvgIpc) is 2.65. The van der Waals surface area contributed by atoms with E-state index in [1.54, 1.807) is 0 Å². The fourth-order valence-corrected chi connectivity index (χ4v) is 3.34. The van der Waals surface area contributed by atoms with Crippen molar-refractivity contribution in [3.05, 3.63) is 65.9 Å². The number of nitrogens with zero attached hydrogens (tertiary/aromatic N) is 2. The predicted octanol–water partition coefficient (Wildman–Crippen LogP) is 3.90. The molecule has 0 fully saturated rings. The highest BCUT2D eigenvalue weighted by molar-refractivity contribution is 5.96. The third-order valence-electron chi connectivity index (χ3n) is 4.58. The molecule has 1 aliphatic rings. The molecule has 2 heterocycles. The van der Waals surface area contributed by atoms with Crippen LogP contribution in [0.15, 0.2) is 54.6 Å². The van der Waals surface area contributed by atoms with Crippen LogP contribution in [0.25, 0.3) is 10.9 Å². The summed E-state index contributed by atoms with van der Waals surface area (Å²) in [5.41, 5.74) is 3.97. The monoisotopic (exact) mass is 332 g/mol. The SMILES string of the molecule is Cc1ccc2cccc(OCC(=O)N3CCCc4ccccc43)c2n1. The highest BCUT2D eigenvalue weighted by atomic mass is 16.5. The molecule has 1 amide bonds. The average molecular weight is 332 g/mol. The van der Waals surface area contributed by atoms with E-state index < -0.39 is 0 Å². The zero-order valence-corrected chi connectivity index (χ0v) is 14.2. The van der Waals surface area contributed by atoms with Crippen molar-refractivity contribution in [3.63, 3.8) is 0 Å². The molecule has 4 nitrogen and oxygen atoms in total. The Bertz CT molecular complexity index is 936. The maximum absolute atomic E-state index is 12.7. The number of rotatable bonds is 3. The Morgan fingerprint density at radius 1 is 1.12 bits per heavy atom. The van der Waals surface area contributed by atoms with Crippen molar-refractivity contribution in [1.29, 1.82) is 0 Å². The maximum atomic E-state index is 12.7. The van der Waals surface area contributed by atoms with E-state index in [-0.39, 0.29) is 12.5 Å². The largest absolute Gasteiger partial charge is 0.481 e. The van der Waals surface area contributed by atoms with Crippen LogP contribution in [0.2, 0.25) is 0 Å². The van der Waals surface area contributed by atoms with Crippen LogP contribution in [0, 0.1) is 6.92 Å². The molecule has 2 aromatic carbocycles. The first-order valence-electron chi connectivity index (χ1n) is 8.60. The molecule has 126 valence electrons. The Labute approximate surface area is 147 Å². The summed E-state index contributed by atoms with van der Waals surface area (Å²) in [5, 5.41) is 1.01. The second-order valence-electron chi connectivity index (χ2n) is 6.35. The molecule has 0 atom stereocenters. The van der Waals surface area contributed by atoms with Gasteiger partial charge in [-0.25, -0.2) is 4.98 Å². The van der Waals surface area contributed by atoms with Crippen LogP contribution in [-0.2, 0) is 11.2 Å². The van der Waals surface area contributed by atoms with Crippen molar-refractivity contribution in [2.45, 2.75) is 19.8 Å². The van der Waals surface area contributed by atoms with E-state index >= 15 is 0 Å². The van der Waals surface area contributed by atoms with Gasteiger partial charge < -0.3 is 9.64 Å². The van der Waals surface area contributed by atoms with Gasteiger partial charge in [0.15, 0.2) is 6.61 Å². The lowest BCUT2D eigenvalue weighted by molar-refractivity contribution is -0.120. The number of ether oxygens (including phenoxy) is 1. The summed E-state index contributed by atoms with van der Waals surface area (Å²) >= 11 is 0. The molecule has 25 heavy (non-hydrogen) atoms. The fraction of sp³-hybridized carbons (Fsp3) is 0.238. The summed E-state index contributed by atoms with van der Waals surface area (Å²) in [5.74, 6) is 0.636. The minimum atomic E-state index is -0.0168. The second-order valence-corrected chi connectivity index (χ2v) is 6.35. The molecule has 4 rings (SSSR count). The molecule has 3 aromatic rings. The molecule has 0 saturated carbocycles. The molecule has 0 spiro atoms.